The standard InChI is InChI=1S/C16H20ClNO5/c1-3-4-7-21-14-9-22-18-15(14)12-8-11(17)5-6-13(12)23-10(2)16(19)20/h5-6,8,10,14H,3-4,7,9H2,1-2H3,(H,19,20). The average Bonchev–Trinajstić information content (AvgIpc) is 2.97. The Balaban J connectivity index is 2.22. The predicted molar refractivity (Wildman–Crippen MR) is 86.3 cm³/mol. The molecule has 1 heterocycles. The zero-order chi connectivity index (χ0) is 16.8. The molecule has 0 saturated heterocycles. The quantitative estimate of drug-likeness (QED) is 0.735. The van der Waals surface area contributed by atoms with Gasteiger partial charge >= 0.3 is 5.97 Å². The third kappa shape index (κ3) is 4.59. The topological polar surface area (TPSA) is 77.3 Å². The van der Waals surface area contributed by atoms with E-state index in [9.17, 15) is 4.79 Å². The highest BCUT2D eigenvalue weighted by Crippen LogP contribution is 2.28. The summed E-state index contributed by atoms with van der Waals surface area (Å²) in [5.41, 5.74) is 1.15. The van der Waals surface area contributed by atoms with Gasteiger partial charge in [0.2, 0.25) is 0 Å². The van der Waals surface area contributed by atoms with Gasteiger partial charge in [-0.3, -0.25) is 0 Å². The number of carboxylic acids is 1. The lowest BCUT2D eigenvalue weighted by atomic mass is 10.0. The summed E-state index contributed by atoms with van der Waals surface area (Å²) in [5, 5.41) is 13.5. The van der Waals surface area contributed by atoms with E-state index in [1.807, 2.05) is 0 Å². The van der Waals surface area contributed by atoms with Crippen molar-refractivity contribution < 1.29 is 24.2 Å². The number of carboxylic acid groups (broad SMARTS) is 1. The van der Waals surface area contributed by atoms with Crippen LogP contribution in [0.5, 0.6) is 5.75 Å². The molecule has 1 aromatic carbocycles. The summed E-state index contributed by atoms with van der Waals surface area (Å²) in [4.78, 5) is 16.2. The number of aliphatic carboxylic acids is 1. The summed E-state index contributed by atoms with van der Waals surface area (Å²) in [6.07, 6.45) is 0.667. The van der Waals surface area contributed by atoms with Crippen molar-refractivity contribution in [1.29, 1.82) is 0 Å². The summed E-state index contributed by atoms with van der Waals surface area (Å²) in [7, 11) is 0. The zero-order valence-corrected chi connectivity index (χ0v) is 13.9. The molecule has 2 atom stereocenters. The molecule has 0 fully saturated rings. The summed E-state index contributed by atoms with van der Waals surface area (Å²) in [5.74, 6) is -0.663. The molecular weight excluding hydrogens is 322 g/mol. The first-order valence-corrected chi connectivity index (χ1v) is 7.91. The smallest absolute Gasteiger partial charge is 0.344 e. The minimum atomic E-state index is -1.05. The fourth-order valence-corrected chi connectivity index (χ4v) is 2.25. The van der Waals surface area contributed by atoms with Crippen molar-refractivity contribution in [3.63, 3.8) is 0 Å². The van der Waals surface area contributed by atoms with Crippen LogP contribution in [0.3, 0.4) is 0 Å². The van der Waals surface area contributed by atoms with Crippen LogP contribution in [0.25, 0.3) is 0 Å². The van der Waals surface area contributed by atoms with Crippen LogP contribution in [0.1, 0.15) is 32.3 Å². The van der Waals surface area contributed by atoms with E-state index < -0.39 is 12.1 Å². The van der Waals surface area contributed by atoms with E-state index >= 15 is 0 Å². The van der Waals surface area contributed by atoms with Crippen molar-refractivity contribution in [2.75, 3.05) is 13.2 Å². The highest BCUT2D eigenvalue weighted by atomic mass is 35.5. The monoisotopic (exact) mass is 341 g/mol. The van der Waals surface area contributed by atoms with Crippen molar-refractivity contribution >= 4 is 23.3 Å². The van der Waals surface area contributed by atoms with Crippen LogP contribution in [-0.4, -0.2) is 42.2 Å². The van der Waals surface area contributed by atoms with E-state index in [-0.39, 0.29) is 6.10 Å². The second kappa shape index (κ2) is 8.17. The minimum absolute atomic E-state index is 0.317. The van der Waals surface area contributed by atoms with Crippen molar-refractivity contribution in [1.82, 2.24) is 0 Å². The SMILES string of the molecule is CCCCOC1CON=C1c1cc(Cl)ccc1OC(C)C(=O)O. The molecule has 0 spiro atoms. The third-order valence-electron chi connectivity index (χ3n) is 3.38. The number of hydrogen-bond donors (Lipinski definition) is 1. The average molecular weight is 342 g/mol. The molecular formula is C16H20ClNO5. The number of ether oxygens (including phenoxy) is 2. The summed E-state index contributed by atoms with van der Waals surface area (Å²) < 4.78 is 11.3. The number of oxime groups is 1. The molecule has 0 radical (unpaired) electrons. The van der Waals surface area contributed by atoms with Gasteiger partial charge in [-0.05, 0) is 31.5 Å². The number of unbranched alkanes of at least 4 members (excludes halogenated alkanes) is 1. The predicted octanol–water partition coefficient (Wildman–Crippen LogP) is 3.11. The molecule has 0 saturated carbocycles. The maximum Gasteiger partial charge on any atom is 0.344 e. The highest BCUT2D eigenvalue weighted by Gasteiger charge is 2.29. The van der Waals surface area contributed by atoms with Gasteiger partial charge in [0.05, 0.1) is 0 Å². The second-order valence-electron chi connectivity index (χ2n) is 5.22. The highest BCUT2D eigenvalue weighted by molar-refractivity contribution is 6.31. The molecule has 23 heavy (non-hydrogen) atoms. The molecule has 1 aromatic rings. The van der Waals surface area contributed by atoms with E-state index in [1.165, 1.54) is 6.92 Å². The van der Waals surface area contributed by atoms with Crippen LogP contribution in [-0.2, 0) is 14.4 Å². The van der Waals surface area contributed by atoms with E-state index in [0.717, 1.165) is 12.8 Å². The van der Waals surface area contributed by atoms with Crippen molar-refractivity contribution in [3.05, 3.63) is 28.8 Å². The molecule has 7 heteroatoms. The van der Waals surface area contributed by atoms with Crippen molar-refractivity contribution in [2.24, 2.45) is 5.16 Å². The Bertz CT molecular complexity index is 590. The minimum Gasteiger partial charge on any atom is -0.479 e. The lowest BCUT2D eigenvalue weighted by molar-refractivity contribution is -0.144. The second-order valence-corrected chi connectivity index (χ2v) is 5.66. The summed E-state index contributed by atoms with van der Waals surface area (Å²) in [6, 6.07) is 4.94. The maximum absolute atomic E-state index is 11.0. The van der Waals surface area contributed by atoms with Crippen LogP contribution in [0.4, 0.5) is 0 Å². The molecule has 0 bridgehead atoms. The summed E-state index contributed by atoms with van der Waals surface area (Å²) in [6.45, 7) is 4.47. The van der Waals surface area contributed by atoms with Gasteiger partial charge in [-0.2, -0.15) is 0 Å². The normalized spacial score (nSPS) is 18.2. The molecule has 2 rings (SSSR count). The number of nitrogens with zero attached hydrogens (tertiary/aromatic N) is 1. The Morgan fingerprint density at radius 1 is 1.57 bits per heavy atom. The van der Waals surface area contributed by atoms with Gasteiger partial charge in [-0.1, -0.05) is 30.1 Å². The van der Waals surface area contributed by atoms with Gasteiger partial charge in [0, 0.05) is 17.2 Å². The molecule has 1 aliphatic heterocycles. The van der Waals surface area contributed by atoms with Crippen molar-refractivity contribution in [2.45, 2.75) is 38.9 Å². The fourth-order valence-electron chi connectivity index (χ4n) is 2.08. The van der Waals surface area contributed by atoms with Crippen LogP contribution < -0.4 is 4.74 Å². The number of rotatable bonds is 8. The Kier molecular flexibility index (Phi) is 6.24. The number of carbonyl (C=O) groups is 1. The van der Waals surface area contributed by atoms with Gasteiger partial charge in [-0.25, -0.2) is 4.79 Å². The maximum atomic E-state index is 11.0. The van der Waals surface area contributed by atoms with E-state index in [1.54, 1.807) is 18.2 Å². The molecule has 2 unspecified atom stereocenters. The van der Waals surface area contributed by atoms with Gasteiger partial charge in [0.25, 0.3) is 0 Å². The lowest BCUT2D eigenvalue weighted by Gasteiger charge is -2.17. The van der Waals surface area contributed by atoms with Gasteiger partial charge in [-0.15, -0.1) is 0 Å². The fraction of sp³-hybridized carbons (Fsp3) is 0.500. The third-order valence-corrected chi connectivity index (χ3v) is 3.61. The van der Waals surface area contributed by atoms with E-state index in [4.69, 9.17) is 31.0 Å². The molecule has 1 N–H and O–H groups in total. The zero-order valence-electron chi connectivity index (χ0n) is 13.1. The molecule has 126 valence electrons. The van der Waals surface area contributed by atoms with E-state index in [0.29, 0.717) is 35.3 Å². The van der Waals surface area contributed by atoms with Crippen LogP contribution in [0, 0.1) is 0 Å². The van der Waals surface area contributed by atoms with Crippen LogP contribution in [0.15, 0.2) is 23.4 Å². The molecule has 0 aromatic heterocycles. The summed E-state index contributed by atoms with van der Waals surface area (Å²) >= 11 is 6.06. The lowest BCUT2D eigenvalue weighted by Crippen LogP contribution is -2.27. The molecule has 0 aliphatic carbocycles. The first-order valence-electron chi connectivity index (χ1n) is 7.53. The van der Waals surface area contributed by atoms with Crippen LogP contribution in [0.2, 0.25) is 5.02 Å². The molecule has 1 aliphatic rings. The Labute approximate surface area is 140 Å². The largest absolute Gasteiger partial charge is 0.479 e. The van der Waals surface area contributed by atoms with Crippen LogP contribution >= 0.6 is 11.6 Å². The molecule has 6 nitrogen and oxygen atoms in total. The van der Waals surface area contributed by atoms with Crippen molar-refractivity contribution in [3.8, 4) is 5.75 Å². The first-order chi connectivity index (χ1) is 11.0. The Morgan fingerprint density at radius 3 is 3.04 bits per heavy atom. The Hall–Kier alpha value is -1.79. The first kappa shape index (κ1) is 17.6. The van der Waals surface area contributed by atoms with E-state index in [2.05, 4.69) is 12.1 Å². The number of hydrogen-bond acceptors (Lipinski definition) is 5. The van der Waals surface area contributed by atoms with Gasteiger partial charge < -0.3 is 19.4 Å². The Morgan fingerprint density at radius 2 is 2.35 bits per heavy atom. The van der Waals surface area contributed by atoms with Gasteiger partial charge in [0.1, 0.15) is 24.2 Å². The number of benzene rings is 1. The van der Waals surface area contributed by atoms with Gasteiger partial charge in [0.15, 0.2) is 6.10 Å². The number of halogens is 1. The molecule has 0 amide bonds.